The molecule has 3 N–H and O–H groups in total. The number of hydrogen-bond acceptors (Lipinski definition) is 4. The summed E-state index contributed by atoms with van der Waals surface area (Å²) in [6.45, 7) is 12.3. The van der Waals surface area contributed by atoms with Gasteiger partial charge < -0.3 is 10.1 Å². The number of anilines is 1. The molecule has 0 saturated carbocycles. The van der Waals surface area contributed by atoms with Gasteiger partial charge in [0, 0.05) is 26.9 Å². The average Bonchev–Trinajstić information content (AvgIpc) is 2.86. The first kappa shape index (κ1) is 28.9. The maximum absolute atomic E-state index is 12.6. The van der Waals surface area contributed by atoms with E-state index in [0.29, 0.717) is 22.6 Å². The van der Waals surface area contributed by atoms with Gasteiger partial charge in [-0.2, -0.15) is 0 Å². The first-order valence-electron chi connectivity index (χ1n) is 12.3. The largest absolute Gasteiger partial charge is 0.483 e. The van der Waals surface area contributed by atoms with E-state index in [0.717, 1.165) is 15.6 Å². The lowest BCUT2D eigenvalue weighted by atomic mass is 9.86. The molecule has 0 radical (unpaired) electrons. The van der Waals surface area contributed by atoms with Gasteiger partial charge in [-0.05, 0) is 71.0 Å². The second kappa shape index (κ2) is 11.8. The molecule has 38 heavy (non-hydrogen) atoms. The second-order valence-corrected chi connectivity index (χ2v) is 12.0. The maximum atomic E-state index is 12.6. The van der Waals surface area contributed by atoms with Crippen molar-refractivity contribution in [3.63, 3.8) is 0 Å². The number of amides is 3. The molecule has 3 amide bonds. The summed E-state index contributed by atoms with van der Waals surface area (Å²) in [5, 5.41) is 2.82. The molecule has 0 aliphatic carbocycles. The van der Waals surface area contributed by atoms with Gasteiger partial charge in [-0.1, -0.05) is 69.6 Å². The summed E-state index contributed by atoms with van der Waals surface area (Å²) in [5.74, 6) is -0.629. The second-order valence-electron chi connectivity index (χ2n) is 11.0. The third kappa shape index (κ3) is 7.92. The first-order chi connectivity index (χ1) is 17.7. The van der Waals surface area contributed by atoms with Gasteiger partial charge in [-0.3, -0.25) is 25.2 Å². The molecule has 0 saturated heterocycles. The third-order valence-electron chi connectivity index (χ3n) is 5.84. The highest BCUT2D eigenvalue weighted by Gasteiger charge is 2.20. The van der Waals surface area contributed by atoms with Crippen molar-refractivity contribution in [2.45, 2.75) is 52.4 Å². The van der Waals surface area contributed by atoms with Crippen LogP contribution in [0.1, 0.15) is 73.4 Å². The fourth-order valence-corrected chi connectivity index (χ4v) is 3.98. The zero-order chi connectivity index (χ0) is 28.1. The third-order valence-corrected chi connectivity index (χ3v) is 6.34. The molecule has 0 aliphatic rings. The summed E-state index contributed by atoms with van der Waals surface area (Å²) >= 11 is 3.46. The molecule has 0 spiro atoms. The van der Waals surface area contributed by atoms with Gasteiger partial charge in [0.1, 0.15) is 5.75 Å². The molecule has 0 bridgehead atoms. The van der Waals surface area contributed by atoms with E-state index in [1.807, 2.05) is 24.3 Å². The topological polar surface area (TPSA) is 96.5 Å². The minimum Gasteiger partial charge on any atom is -0.483 e. The van der Waals surface area contributed by atoms with Gasteiger partial charge in [-0.25, -0.2) is 0 Å². The predicted molar refractivity (Wildman–Crippen MR) is 153 cm³/mol. The Bertz CT molecular complexity index is 1310. The van der Waals surface area contributed by atoms with Crippen LogP contribution in [0, 0.1) is 0 Å². The van der Waals surface area contributed by atoms with Crippen LogP contribution in [0.2, 0.25) is 0 Å². The predicted octanol–water partition coefficient (Wildman–Crippen LogP) is 6.14. The van der Waals surface area contributed by atoms with Crippen molar-refractivity contribution in [1.82, 2.24) is 10.9 Å². The summed E-state index contributed by atoms with van der Waals surface area (Å²) in [5.41, 5.74) is 8.09. The Hall–Kier alpha value is -3.65. The Morgan fingerprint density at radius 3 is 1.89 bits per heavy atom. The smallest absolute Gasteiger partial charge is 0.276 e. The zero-order valence-electron chi connectivity index (χ0n) is 22.6. The van der Waals surface area contributed by atoms with E-state index < -0.39 is 11.8 Å². The van der Waals surface area contributed by atoms with E-state index >= 15 is 0 Å². The van der Waals surface area contributed by atoms with Crippen LogP contribution < -0.4 is 20.9 Å². The van der Waals surface area contributed by atoms with Crippen molar-refractivity contribution in [3.05, 3.63) is 93.5 Å². The summed E-state index contributed by atoms with van der Waals surface area (Å²) in [6.07, 6.45) is 0. The Balaban J connectivity index is 1.51. The van der Waals surface area contributed by atoms with Crippen LogP contribution in [-0.2, 0) is 15.6 Å². The van der Waals surface area contributed by atoms with Crippen LogP contribution in [0.15, 0.2) is 71.2 Å². The fourth-order valence-electron chi connectivity index (χ4n) is 3.62. The Morgan fingerprint density at radius 1 is 0.737 bits per heavy atom. The molecular weight excluding hydrogens is 546 g/mol. The van der Waals surface area contributed by atoms with E-state index in [9.17, 15) is 14.4 Å². The van der Waals surface area contributed by atoms with Crippen LogP contribution in [0.25, 0.3) is 0 Å². The monoisotopic (exact) mass is 579 g/mol. The highest BCUT2D eigenvalue weighted by Crippen LogP contribution is 2.33. The number of carbonyl (C=O) groups excluding carboxylic acids is 3. The van der Waals surface area contributed by atoms with Crippen LogP contribution >= 0.6 is 15.9 Å². The number of ether oxygens (including phenoxy) is 1. The molecule has 7 nitrogen and oxygen atoms in total. The number of hydrazine groups is 1. The highest BCUT2D eigenvalue weighted by atomic mass is 79.9. The van der Waals surface area contributed by atoms with E-state index in [1.165, 1.54) is 0 Å². The minimum atomic E-state index is -0.498. The van der Waals surface area contributed by atoms with Gasteiger partial charge in [0.15, 0.2) is 6.61 Å². The average molecular weight is 581 g/mol. The number of nitrogens with one attached hydrogen (secondary N) is 3. The van der Waals surface area contributed by atoms with Crippen LogP contribution in [-0.4, -0.2) is 24.3 Å². The molecule has 8 heteroatoms. The molecule has 3 aromatic carbocycles. The molecule has 0 aliphatic heterocycles. The molecule has 0 unspecified atom stereocenters. The summed E-state index contributed by atoms with van der Waals surface area (Å²) in [7, 11) is 0. The van der Waals surface area contributed by atoms with Crippen LogP contribution in [0.3, 0.4) is 0 Å². The highest BCUT2D eigenvalue weighted by molar-refractivity contribution is 9.10. The van der Waals surface area contributed by atoms with Gasteiger partial charge >= 0.3 is 0 Å². The van der Waals surface area contributed by atoms with Crippen LogP contribution in [0.4, 0.5) is 5.69 Å². The van der Waals surface area contributed by atoms with E-state index in [-0.39, 0.29) is 23.3 Å². The van der Waals surface area contributed by atoms with Gasteiger partial charge in [-0.15, -0.1) is 0 Å². The molecule has 0 atom stereocenters. The normalized spacial score (nSPS) is 11.4. The molecule has 0 heterocycles. The van der Waals surface area contributed by atoms with Crippen molar-refractivity contribution < 1.29 is 19.1 Å². The minimum absolute atomic E-state index is 0.00717. The van der Waals surface area contributed by atoms with E-state index in [2.05, 4.69) is 73.6 Å². The van der Waals surface area contributed by atoms with Crippen molar-refractivity contribution in [2.24, 2.45) is 0 Å². The number of halogens is 1. The molecule has 0 fully saturated rings. The lowest BCUT2D eigenvalue weighted by Gasteiger charge is -2.23. The molecule has 0 aromatic heterocycles. The number of benzene rings is 3. The van der Waals surface area contributed by atoms with Crippen molar-refractivity contribution in [3.8, 4) is 5.75 Å². The number of carbonyl (C=O) groups is 3. The van der Waals surface area contributed by atoms with Crippen molar-refractivity contribution >= 4 is 39.3 Å². The Labute approximate surface area is 232 Å². The SMILES string of the molecule is CC(C)(C)c1ccc(C(=O)Nc2ccc(C(=O)NNC(=O)COc3ccc(Br)cc3C(C)(C)C)cc2)cc1. The summed E-state index contributed by atoms with van der Waals surface area (Å²) in [4.78, 5) is 37.3. The number of hydrogen-bond donors (Lipinski definition) is 3. The molecule has 3 aromatic rings. The van der Waals surface area contributed by atoms with E-state index in [4.69, 9.17) is 4.74 Å². The van der Waals surface area contributed by atoms with Gasteiger partial charge in [0.2, 0.25) is 0 Å². The summed E-state index contributed by atoms with van der Waals surface area (Å²) in [6, 6.07) is 19.5. The van der Waals surface area contributed by atoms with Crippen molar-refractivity contribution in [1.29, 1.82) is 0 Å². The Kier molecular flexibility index (Phi) is 8.99. The standard InChI is InChI=1S/C30H34BrN3O4/c1-29(2,3)21-11-7-19(8-12-21)27(36)32-23-14-9-20(10-15-23)28(37)34-33-26(35)18-38-25-16-13-22(31)17-24(25)30(4,5)6/h7-17H,18H2,1-6H3,(H,32,36)(H,33,35)(H,34,37). The van der Waals surface area contributed by atoms with Gasteiger partial charge in [0.05, 0.1) is 0 Å². The Morgan fingerprint density at radius 2 is 1.32 bits per heavy atom. The fraction of sp³-hybridized carbons (Fsp3) is 0.300. The molecular formula is C30H34BrN3O4. The lowest BCUT2D eigenvalue weighted by Crippen LogP contribution is -2.43. The zero-order valence-corrected chi connectivity index (χ0v) is 24.2. The van der Waals surface area contributed by atoms with E-state index in [1.54, 1.807) is 42.5 Å². The van der Waals surface area contributed by atoms with Crippen LogP contribution in [0.5, 0.6) is 5.75 Å². The first-order valence-corrected chi connectivity index (χ1v) is 13.1. The maximum Gasteiger partial charge on any atom is 0.276 e. The quantitative estimate of drug-likeness (QED) is 0.306. The molecule has 3 rings (SSSR count). The molecule has 200 valence electrons. The van der Waals surface area contributed by atoms with Gasteiger partial charge in [0.25, 0.3) is 17.7 Å². The number of rotatable bonds is 6. The lowest BCUT2D eigenvalue weighted by molar-refractivity contribution is -0.123. The van der Waals surface area contributed by atoms with Crippen molar-refractivity contribution in [2.75, 3.05) is 11.9 Å². The summed E-state index contributed by atoms with van der Waals surface area (Å²) < 4.78 is 6.63.